The first-order chi connectivity index (χ1) is 12.8. The quantitative estimate of drug-likeness (QED) is 0.781. The Morgan fingerprint density at radius 2 is 1.85 bits per heavy atom. The van der Waals surface area contributed by atoms with Crippen LogP contribution in [0.5, 0.6) is 0 Å². The maximum absolute atomic E-state index is 12.6. The minimum absolute atomic E-state index is 0.0145. The van der Waals surface area contributed by atoms with Gasteiger partial charge in [-0.3, -0.25) is 0 Å². The van der Waals surface area contributed by atoms with Gasteiger partial charge in [-0.05, 0) is 48.6 Å². The fourth-order valence-electron chi connectivity index (χ4n) is 3.40. The summed E-state index contributed by atoms with van der Waals surface area (Å²) in [6, 6.07) is 13.0. The van der Waals surface area contributed by atoms with Crippen molar-refractivity contribution in [1.82, 2.24) is 5.32 Å². The second-order valence-electron chi connectivity index (χ2n) is 6.99. The molecule has 146 valence electrons. The van der Waals surface area contributed by atoms with Gasteiger partial charge in [-0.15, -0.1) is 0 Å². The summed E-state index contributed by atoms with van der Waals surface area (Å²) in [6.45, 7) is 2.98. The van der Waals surface area contributed by atoms with Crippen LogP contribution in [0.2, 0.25) is 0 Å². The van der Waals surface area contributed by atoms with Gasteiger partial charge < -0.3 is 15.2 Å². The zero-order valence-electron chi connectivity index (χ0n) is 15.2. The lowest BCUT2D eigenvalue weighted by atomic mass is 9.94. The highest BCUT2D eigenvalue weighted by Gasteiger charge is 2.30. The van der Waals surface area contributed by atoms with Gasteiger partial charge in [0.15, 0.2) is 0 Å². The Morgan fingerprint density at radius 3 is 2.56 bits per heavy atom. The molecule has 0 amide bonds. The van der Waals surface area contributed by atoms with Gasteiger partial charge in [-0.25, -0.2) is 0 Å². The average Bonchev–Trinajstić information content (AvgIpc) is 2.66. The molecule has 2 N–H and O–H groups in total. The molecule has 0 aromatic heterocycles. The summed E-state index contributed by atoms with van der Waals surface area (Å²) >= 11 is 0. The molecule has 2 aromatic rings. The highest BCUT2D eigenvalue weighted by Crippen LogP contribution is 2.31. The van der Waals surface area contributed by atoms with E-state index in [9.17, 15) is 18.3 Å². The number of aliphatic hydroxyl groups is 1. The molecule has 0 spiro atoms. The van der Waals surface area contributed by atoms with Crippen molar-refractivity contribution in [3.63, 3.8) is 0 Å². The molecule has 1 heterocycles. The fraction of sp³-hybridized carbons (Fsp3) is 0.429. The Labute approximate surface area is 157 Å². The van der Waals surface area contributed by atoms with E-state index in [0.717, 1.165) is 25.0 Å². The third kappa shape index (κ3) is 5.09. The van der Waals surface area contributed by atoms with Crippen molar-refractivity contribution in [2.75, 3.05) is 13.2 Å². The van der Waals surface area contributed by atoms with Crippen LogP contribution in [0.15, 0.2) is 48.5 Å². The van der Waals surface area contributed by atoms with E-state index in [4.69, 9.17) is 4.74 Å². The molecule has 27 heavy (non-hydrogen) atoms. The van der Waals surface area contributed by atoms with Crippen LogP contribution in [-0.2, 0) is 17.3 Å². The summed E-state index contributed by atoms with van der Waals surface area (Å²) in [7, 11) is 0. The number of hydrogen-bond acceptors (Lipinski definition) is 3. The molecule has 1 aliphatic heterocycles. The van der Waals surface area contributed by atoms with Crippen LogP contribution in [0.4, 0.5) is 13.2 Å². The van der Waals surface area contributed by atoms with Gasteiger partial charge >= 0.3 is 6.18 Å². The largest absolute Gasteiger partial charge is 0.416 e. The summed E-state index contributed by atoms with van der Waals surface area (Å²) < 4.78 is 43.8. The van der Waals surface area contributed by atoms with Crippen LogP contribution in [0.25, 0.3) is 0 Å². The lowest BCUT2D eigenvalue weighted by Crippen LogP contribution is -2.33. The molecule has 0 bridgehead atoms. The minimum Gasteiger partial charge on any atom is -0.387 e. The summed E-state index contributed by atoms with van der Waals surface area (Å²) in [5, 5.41) is 13.5. The maximum atomic E-state index is 12.6. The Morgan fingerprint density at radius 1 is 1.15 bits per heavy atom. The number of hydrogen-bond donors (Lipinski definition) is 2. The highest BCUT2D eigenvalue weighted by atomic mass is 19.4. The standard InChI is InChI=1S/C21H24F3NO2/c1-14(12-20-18-5-3-2-4-15(18)10-11-27-20)25-13-19(26)16-6-8-17(9-7-16)21(22,23)24/h2-9,14,19-20,25-26H,10-13H2,1H3. The van der Waals surface area contributed by atoms with Crippen molar-refractivity contribution >= 4 is 0 Å². The molecule has 3 unspecified atom stereocenters. The minimum atomic E-state index is -4.37. The van der Waals surface area contributed by atoms with Gasteiger partial charge in [0.05, 0.1) is 24.4 Å². The molecule has 0 aliphatic carbocycles. The van der Waals surface area contributed by atoms with Crippen molar-refractivity contribution in [1.29, 1.82) is 0 Å². The molecule has 3 nitrogen and oxygen atoms in total. The number of fused-ring (bicyclic) bond motifs is 1. The average molecular weight is 379 g/mol. The predicted octanol–water partition coefficient (Wildman–Crippen LogP) is 4.42. The van der Waals surface area contributed by atoms with E-state index in [2.05, 4.69) is 17.4 Å². The number of rotatable bonds is 6. The molecule has 3 atom stereocenters. The summed E-state index contributed by atoms with van der Waals surface area (Å²) in [5.74, 6) is 0. The number of ether oxygens (including phenoxy) is 1. The molecule has 0 saturated heterocycles. The SMILES string of the molecule is CC(CC1OCCc2ccccc21)NCC(O)c1ccc(C(F)(F)F)cc1. The van der Waals surface area contributed by atoms with Crippen LogP contribution in [-0.4, -0.2) is 24.3 Å². The third-order valence-electron chi connectivity index (χ3n) is 4.94. The molecule has 0 radical (unpaired) electrons. The van der Waals surface area contributed by atoms with E-state index < -0.39 is 17.8 Å². The second kappa shape index (κ2) is 8.42. The Kier molecular flexibility index (Phi) is 6.19. The second-order valence-corrected chi connectivity index (χ2v) is 6.99. The molecule has 0 saturated carbocycles. The topological polar surface area (TPSA) is 41.5 Å². The molecular formula is C21H24F3NO2. The highest BCUT2D eigenvalue weighted by molar-refractivity contribution is 5.31. The molecule has 1 aliphatic rings. The van der Waals surface area contributed by atoms with Crippen molar-refractivity contribution in [3.05, 3.63) is 70.8 Å². The summed E-state index contributed by atoms with van der Waals surface area (Å²) in [6.07, 6.45) is -3.54. The zero-order valence-corrected chi connectivity index (χ0v) is 15.2. The van der Waals surface area contributed by atoms with E-state index in [0.29, 0.717) is 12.2 Å². The van der Waals surface area contributed by atoms with E-state index in [-0.39, 0.29) is 18.7 Å². The van der Waals surface area contributed by atoms with Crippen molar-refractivity contribution in [2.24, 2.45) is 0 Å². The maximum Gasteiger partial charge on any atom is 0.416 e. The van der Waals surface area contributed by atoms with E-state index >= 15 is 0 Å². The van der Waals surface area contributed by atoms with Crippen molar-refractivity contribution < 1.29 is 23.0 Å². The van der Waals surface area contributed by atoms with Crippen LogP contribution < -0.4 is 5.32 Å². The lowest BCUT2D eigenvalue weighted by Gasteiger charge is -2.29. The number of nitrogens with one attached hydrogen (secondary N) is 1. The van der Waals surface area contributed by atoms with Gasteiger partial charge in [0.2, 0.25) is 0 Å². The van der Waals surface area contributed by atoms with E-state index in [1.165, 1.54) is 23.3 Å². The molecule has 6 heteroatoms. The Bertz CT molecular complexity index is 746. The van der Waals surface area contributed by atoms with Crippen LogP contribution in [0, 0.1) is 0 Å². The predicted molar refractivity (Wildman–Crippen MR) is 97.3 cm³/mol. The smallest absolute Gasteiger partial charge is 0.387 e. The normalized spacial score (nSPS) is 19.4. The van der Waals surface area contributed by atoms with Crippen LogP contribution in [0.3, 0.4) is 0 Å². The van der Waals surface area contributed by atoms with E-state index in [1.54, 1.807) is 0 Å². The number of aliphatic hydroxyl groups excluding tert-OH is 1. The number of benzene rings is 2. The number of halogens is 3. The van der Waals surface area contributed by atoms with Crippen LogP contribution in [0.1, 0.15) is 47.8 Å². The first kappa shape index (κ1) is 19.9. The zero-order chi connectivity index (χ0) is 19.4. The summed E-state index contributed by atoms with van der Waals surface area (Å²) in [4.78, 5) is 0. The number of alkyl halides is 3. The first-order valence-electron chi connectivity index (χ1n) is 9.12. The van der Waals surface area contributed by atoms with Gasteiger partial charge in [0.25, 0.3) is 0 Å². The van der Waals surface area contributed by atoms with Crippen LogP contribution >= 0.6 is 0 Å². The van der Waals surface area contributed by atoms with E-state index in [1.807, 2.05) is 19.1 Å². The summed E-state index contributed by atoms with van der Waals surface area (Å²) in [5.41, 5.74) is 2.27. The Hall–Kier alpha value is -1.89. The molecule has 2 aromatic carbocycles. The van der Waals surface area contributed by atoms with Crippen molar-refractivity contribution in [3.8, 4) is 0 Å². The molecular weight excluding hydrogens is 355 g/mol. The lowest BCUT2D eigenvalue weighted by molar-refractivity contribution is -0.137. The van der Waals surface area contributed by atoms with Gasteiger partial charge in [-0.1, -0.05) is 36.4 Å². The monoisotopic (exact) mass is 379 g/mol. The fourth-order valence-corrected chi connectivity index (χ4v) is 3.40. The van der Waals surface area contributed by atoms with Gasteiger partial charge in [0.1, 0.15) is 0 Å². The van der Waals surface area contributed by atoms with Gasteiger partial charge in [-0.2, -0.15) is 13.2 Å². The molecule has 0 fully saturated rings. The first-order valence-corrected chi connectivity index (χ1v) is 9.12. The van der Waals surface area contributed by atoms with Crippen molar-refractivity contribution in [2.45, 2.75) is 44.2 Å². The third-order valence-corrected chi connectivity index (χ3v) is 4.94. The van der Waals surface area contributed by atoms with Gasteiger partial charge in [0, 0.05) is 12.6 Å². The Balaban J connectivity index is 1.53. The molecule has 3 rings (SSSR count).